The summed E-state index contributed by atoms with van der Waals surface area (Å²) in [4.78, 5) is 10.4. The maximum absolute atomic E-state index is 10.8. The van der Waals surface area contributed by atoms with E-state index in [-0.39, 0.29) is 10.6 Å². The highest BCUT2D eigenvalue weighted by atomic mass is 16.6. The molecule has 0 aliphatic carbocycles. The molecule has 0 aromatic heterocycles. The van der Waals surface area contributed by atoms with Crippen molar-refractivity contribution in [3.63, 3.8) is 0 Å². The molecule has 0 bridgehead atoms. The van der Waals surface area contributed by atoms with Gasteiger partial charge >= 0.3 is 0 Å². The molecule has 0 spiro atoms. The predicted octanol–water partition coefficient (Wildman–Crippen LogP) is 2.03. The van der Waals surface area contributed by atoms with Gasteiger partial charge in [-0.1, -0.05) is 6.07 Å². The first-order chi connectivity index (χ1) is 8.18. The maximum Gasteiger partial charge on any atom is 0.276 e. The van der Waals surface area contributed by atoms with Gasteiger partial charge in [-0.3, -0.25) is 10.1 Å². The average Bonchev–Trinajstić information content (AvgIpc) is 2.80. The van der Waals surface area contributed by atoms with Gasteiger partial charge in [0, 0.05) is 12.1 Å². The minimum absolute atomic E-state index is 0.113. The first-order valence-electron chi connectivity index (χ1n) is 5.78. The van der Waals surface area contributed by atoms with Crippen LogP contribution in [-0.2, 0) is 0 Å². The van der Waals surface area contributed by atoms with E-state index in [2.05, 4.69) is 5.32 Å². The summed E-state index contributed by atoms with van der Waals surface area (Å²) >= 11 is 0. The molecular weight excluding hydrogens is 220 g/mol. The van der Waals surface area contributed by atoms with E-state index in [1.165, 1.54) is 12.5 Å². The monoisotopic (exact) mass is 236 g/mol. The second kappa shape index (κ2) is 5.14. The van der Waals surface area contributed by atoms with Crippen molar-refractivity contribution < 1.29 is 9.66 Å². The Bertz CT molecular complexity index is 414. The normalized spacial score (nSPS) is 19.2. The topological polar surface area (TPSA) is 64.4 Å². The lowest BCUT2D eigenvalue weighted by atomic mass is 10.2. The van der Waals surface area contributed by atoms with Crippen LogP contribution in [0.2, 0.25) is 0 Å². The molecule has 1 heterocycles. The van der Waals surface area contributed by atoms with Gasteiger partial charge in [0.15, 0.2) is 0 Å². The Morgan fingerprint density at radius 3 is 3.06 bits per heavy atom. The van der Waals surface area contributed by atoms with Gasteiger partial charge in [0.2, 0.25) is 0 Å². The van der Waals surface area contributed by atoms with Crippen LogP contribution in [0.15, 0.2) is 18.2 Å². The summed E-state index contributed by atoms with van der Waals surface area (Å²) in [6, 6.07) is 5.30. The lowest BCUT2D eigenvalue weighted by Gasteiger charge is -2.13. The Hall–Kier alpha value is -1.62. The van der Waals surface area contributed by atoms with Crippen molar-refractivity contribution in [2.75, 3.05) is 13.2 Å². The number of nitro benzene ring substituents is 1. The van der Waals surface area contributed by atoms with Crippen molar-refractivity contribution in [3.8, 4) is 5.75 Å². The first kappa shape index (κ1) is 11.9. The zero-order valence-electron chi connectivity index (χ0n) is 9.81. The summed E-state index contributed by atoms with van der Waals surface area (Å²) in [6.07, 6.45) is 2.27. The number of nitrogens with one attached hydrogen (secondary N) is 1. The van der Waals surface area contributed by atoms with Crippen molar-refractivity contribution in [2.24, 2.45) is 0 Å². The van der Waals surface area contributed by atoms with Crippen LogP contribution in [0, 0.1) is 17.0 Å². The molecule has 1 N–H and O–H groups in total. The fourth-order valence-electron chi connectivity index (χ4n) is 2.05. The Labute approximate surface area is 99.9 Å². The fourth-order valence-corrected chi connectivity index (χ4v) is 2.05. The zero-order chi connectivity index (χ0) is 12.3. The van der Waals surface area contributed by atoms with Gasteiger partial charge in [-0.15, -0.1) is 0 Å². The highest BCUT2D eigenvalue weighted by molar-refractivity contribution is 5.48. The predicted molar refractivity (Wildman–Crippen MR) is 64.4 cm³/mol. The third-order valence-electron chi connectivity index (χ3n) is 3.05. The van der Waals surface area contributed by atoms with Gasteiger partial charge in [-0.25, -0.2) is 0 Å². The highest BCUT2D eigenvalue weighted by Gasteiger charge is 2.17. The second-order valence-corrected chi connectivity index (χ2v) is 4.26. The minimum Gasteiger partial charge on any atom is -0.491 e. The zero-order valence-corrected chi connectivity index (χ0v) is 9.81. The maximum atomic E-state index is 10.8. The first-order valence-corrected chi connectivity index (χ1v) is 5.78. The second-order valence-electron chi connectivity index (χ2n) is 4.26. The Morgan fingerprint density at radius 2 is 2.41 bits per heavy atom. The molecule has 0 amide bonds. The van der Waals surface area contributed by atoms with Crippen molar-refractivity contribution >= 4 is 5.69 Å². The molecule has 5 nitrogen and oxygen atoms in total. The van der Waals surface area contributed by atoms with Crippen LogP contribution in [0.4, 0.5) is 5.69 Å². The molecule has 1 fully saturated rings. The molecule has 0 saturated carbocycles. The lowest BCUT2D eigenvalue weighted by Crippen LogP contribution is -2.28. The third-order valence-corrected chi connectivity index (χ3v) is 3.05. The molecule has 17 heavy (non-hydrogen) atoms. The number of benzene rings is 1. The van der Waals surface area contributed by atoms with Crippen LogP contribution in [0.1, 0.15) is 18.4 Å². The van der Waals surface area contributed by atoms with Crippen LogP contribution in [0.5, 0.6) is 5.75 Å². The largest absolute Gasteiger partial charge is 0.491 e. The standard InChI is InChI=1S/C12H16N2O3/c1-9-11(14(15)16)5-2-6-12(9)17-8-10-4-3-7-13-10/h2,5-6,10,13H,3-4,7-8H2,1H3/t10-/m1/s1. The van der Waals surface area contributed by atoms with Crippen LogP contribution in [0.25, 0.3) is 0 Å². The summed E-state index contributed by atoms with van der Waals surface area (Å²) in [6.45, 7) is 3.32. The van der Waals surface area contributed by atoms with E-state index >= 15 is 0 Å². The number of hydrogen-bond acceptors (Lipinski definition) is 4. The van der Waals surface area contributed by atoms with Crippen molar-refractivity contribution in [1.82, 2.24) is 5.32 Å². The number of nitrogens with zero attached hydrogens (tertiary/aromatic N) is 1. The Balaban J connectivity index is 2.04. The molecule has 1 aromatic carbocycles. The summed E-state index contributed by atoms with van der Waals surface area (Å²) in [7, 11) is 0. The van der Waals surface area contributed by atoms with Crippen LogP contribution < -0.4 is 10.1 Å². The van der Waals surface area contributed by atoms with Crippen molar-refractivity contribution in [1.29, 1.82) is 0 Å². The molecule has 0 unspecified atom stereocenters. The molecule has 1 aromatic rings. The Morgan fingerprint density at radius 1 is 1.59 bits per heavy atom. The van der Waals surface area contributed by atoms with E-state index in [1.807, 2.05) is 0 Å². The molecule has 1 atom stereocenters. The molecule has 0 radical (unpaired) electrons. The van der Waals surface area contributed by atoms with E-state index in [4.69, 9.17) is 4.74 Å². The van der Waals surface area contributed by atoms with E-state index in [0.29, 0.717) is 24.0 Å². The van der Waals surface area contributed by atoms with Gasteiger partial charge in [0.05, 0.1) is 10.5 Å². The summed E-state index contributed by atoms with van der Waals surface area (Å²) in [5.41, 5.74) is 0.706. The van der Waals surface area contributed by atoms with Gasteiger partial charge in [0.1, 0.15) is 12.4 Å². The van der Waals surface area contributed by atoms with E-state index in [9.17, 15) is 10.1 Å². The van der Waals surface area contributed by atoms with E-state index in [1.54, 1.807) is 19.1 Å². The summed E-state index contributed by atoms with van der Waals surface area (Å²) < 4.78 is 5.64. The molecule has 2 rings (SSSR count). The average molecular weight is 236 g/mol. The fraction of sp³-hybridized carbons (Fsp3) is 0.500. The van der Waals surface area contributed by atoms with E-state index < -0.39 is 0 Å². The SMILES string of the molecule is Cc1c(OC[C@H]2CCCN2)cccc1[N+](=O)[O-]. The number of nitro groups is 1. The smallest absolute Gasteiger partial charge is 0.276 e. The van der Waals surface area contributed by atoms with Crippen LogP contribution in [-0.4, -0.2) is 24.1 Å². The summed E-state index contributed by atoms with van der Waals surface area (Å²) in [5.74, 6) is 0.605. The minimum atomic E-state index is -0.379. The number of hydrogen-bond donors (Lipinski definition) is 1. The number of rotatable bonds is 4. The van der Waals surface area contributed by atoms with Gasteiger partial charge < -0.3 is 10.1 Å². The quantitative estimate of drug-likeness (QED) is 0.641. The van der Waals surface area contributed by atoms with Gasteiger partial charge in [-0.2, -0.15) is 0 Å². The third kappa shape index (κ3) is 2.74. The molecule has 92 valence electrons. The molecule has 5 heteroatoms. The van der Waals surface area contributed by atoms with Gasteiger partial charge in [0.25, 0.3) is 5.69 Å². The number of ether oxygens (including phenoxy) is 1. The van der Waals surface area contributed by atoms with Crippen molar-refractivity contribution in [3.05, 3.63) is 33.9 Å². The molecule has 1 saturated heterocycles. The van der Waals surface area contributed by atoms with E-state index in [0.717, 1.165) is 13.0 Å². The van der Waals surface area contributed by atoms with Crippen molar-refractivity contribution in [2.45, 2.75) is 25.8 Å². The highest BCUT2D eigenvalue weighted by Crippen LogP contribution is 2.27. The molecule has 1 aliphatic heterocycles. The van der Waals surface area contributed by atoms with Crippen LogP contribution in [0.3, 0.4) is 0 Å². The molecular formula is C12H16N2O3. The summed E-state index contributed by atoms with van der Waals surface area (Å²) in [5, 5.41) is 14.1. The Kier molecular flexibility index (Phi) is 3.58. The lowest BCUT2D eigenvalue weighted by molar-refractivity contribution is -0.385. The molecule has 1 aliphatic rings. The van der Waals surface area contributed by atoms with Gasteiger partial charge in [-0.05, 0) is 32.4 Å². The van der Waals surface area contributed by atoms with Crippen LogP contribution >= 0.6 is 0 Å².